The molecule has 0 heterocycles. The molecule has 1 amide bonds. The van der Waals surface area contributed by atoms with E-state index in [0.717, 1.165) is 38.5 Å². The smallest absolute Gasteiger partial charge is 0.305 e. The maximum atomic E-state index is 12.5. The van der Waals surface area contributed by atoms with Gasteiger partial charge < -0.3 is 20.3 Å². The topological polar surface area (TPSA) is 95.9 Å². The van der Waals surface area contributed by atoms with Crippen LogP contribution in [0.3, 0.4) is 0 Å². The third-order valence-electron chi connectivity index (χ3n) is 14.6. The highest BCUT2D eigenvalue weighted by molar-refractivity contribution is 5.76. The van der Waals surface area contributed by atoms with Gasteiger partial charge in [0.15, 0.2) is 0 Å². The van der Waals surface area contributed by atoms with Crippen molar-refractivity contribution in [1.29, 1.82) is 0 Å². The lowest BCUT2D eigenvalue weighted by Gasteiger charge is -2.22. The lowest BCUT2D eigenvalue weighted by molar-refractivity contribution is -0.143. The molecule has 2 unspecified atom stereocenters. The van der Waals surface area contributed by atoms with Gasteiger partial charge in [0.2, 0.25) is 5.91 Å². The summed E-state index contributed by atoms with van der Waals surface area (Å²) in [5.74, 6) is -0.0257. The largest absolute Gasteiger partial charge is 0.466 e. The van der Waals surface area contributed by atoms with E-state index in [9.17, 15) is 19.8 Å². The Hall–Kier alpha value is -1.40. The number of allylic oxidation sites excluding steroid dienone is 2. The molecule has 0 aromatic rings. The second-order valence-electron chi connectivity index (χ2n) is 21.4. The number of nitrogens with one attached hydrogen (secondary N) is 1. The molecule has 0 fully saturated rings. The number of hydrogen-bond acceptors (Lipinski definition) is 5. The Morgan fingerprint density at radius 1 is 0.397 bits per heavy atom. The van der Waals surface area contributed by atoms with E-state index in [1.165, 1.54) is 276 Å². The van der Waals surface area contributed by atoms with Crippen LogP contribution >= 0.6 is 0 Å². The molecule has 0 spiro atoms. The third kappa shape index (κ3) is 53.9. The van der Waals surface area contributed by atoms with E-state index in [0.29, 0.717) is 25.9 Å². The zero-order valence-corrected chi connectivity index (χ0v) is 46.1. The number of carbonyl (C=O) groups is 2. The molecule has 0 rings (SSSR count). The average molecular weight is 961 g/mol. The van der Waals surface area contributed by atoms with Crippen LogP contribution in [0.1, 0.15) is 348 Å². The second kappa shape index (κ2) is 58.2. The molecule has 0 aliphatic heterocycles. The molecule has 0 saturated heterocycles. The second-order valence-corrected chi connectivity index (χ2v) is 21.4. The molecule has 6 nitrogen and oxygen atoms in total. The number of hydrogen-bond donors (Lipinski definition) is 3. The van der Waals surface area contributed by atoms with E-state index in [2.05, 4.69) is 31.3 Å². The fraction of sp³-hybridized carbons (Fsp3) is 0.935. The van der Waals surface area contributed by atoms with Crippen LogP contribution in [0, 0.1) is 0 Å². The van der Waals surface area contributed by atoms with Crippen molar-refractivity contribution in [2.75, 3.05) is 13.2 Å². The monoisotopic (exact) mass is 960 g/mol. The number of ether oxygens (including phenoxy) is 1. The molecule has 404 valence electrons. The Morgan fingerprint density at radius 2 is 0.691 bits per heavy atom. The van der Waals surface area contributed by atoms with Gasteiger partial charge in [0.25, 0.3) is 0 Å². The molecule has 68 heavy (non-hydrogen) atoms. The van der Waals surface area contributed by atoms with Gasteiger partial charge in [-0.25, -0.2) is 0 Å². The number of aliphatic hydroxyl groups is 2. The quantitative estimate of drug-likeness (QED) is 0.0321. The highest BCUT2D eigenvalue weighted by atomic mass is 16.5. The predicted octanol–water partition coefficient (Wildman–Crippen LogP) is 19.2. The molecule has 0 aromatic carbocycles. The summed E-state index contributed by atoms with van der Waals surface area (Å²) in [7, 11) is 0. The Labute approximate surface area is 425 Å². The van der Waals surface area contributed by atoms with Crippen molar-refractivity contribution >= 4 is 11.9 Å². The van der Waals surface area contributed by atoms with E-state index in [1.54, 1.807) is 0 Å². The maximum absolute atomic E-state index is 12.5. The maximum Gasteiger partial charge on any atom is 0.305 e. The van der Waals surface area contributed by atoms with E-state index in [1.807, 2.05) is 0 Å². The zero-order valence-electron chi connectivity index (χ0n) is 46.1. The van der Waals surface area contributed by atoms with Gasteiger partial charge in [-0.3, -0.25) is 9.59 Å². The number of amides is 1. The van der Waals surface area contributed by atoms with Crippen molar-refractivity contribution < 1.29 is 24.5 Å². The van der Waals surface area contributed by atoms with Crippen LogP contribution in [0.15, 0.2) is 12.2 Å². The van der Waals surface area contributed by atoms with E-state index >= 15 is 0 Å². The van der Waals surface area contributed by atoms with Crippen molar-refractivity contribution in [3.63, 3.8) is 0 Å². The molecule has 3 N–H and O–H groups in total. The minimum Gasteiger partial charge on any atom is -0.466 e. The summed E-state index contributed by atoms with van der Waals surface area (Å²) in [4.78, 5) is 24.5. The summed E-state index contributed by atoms with van der Waals surface area (Å²) >= 11 is 0. The number of carbonyl (C=O) groups excluding carboxylic acids is 2. The van der Waals surface area contributed by atoms with Crippen LogP contribution in [0.4, 0.5) is 0 Å². The van der Waals surface area contributed by atoms with Crippen molar-refractivity contribution in [2.24, 2.45) is 0 Å². The van der Waals surface area contributed by atoms with Gasteiger partial charge in [0.05, 0.1) is 25.4 Å². The summed E-state index contributed by atoms with van der Waals surface area (Å²) in [5.41, 5.74) is 0. The first kappa shape index (κ1) is 66.6. The summed E-state index contributed by atoms with van der Waals surface area (Å²) < 4.78 is 5.47. The minimum atomic E-state index is -0.667. The molecular formula is C62H121NO5. The molecular weight excluding hydrogens is 839 g/mol. The van der Waals surface area contributed by atoms with Gasteiger partial charge in [-0.2, -0.15) is 0 Å². The van der Waals surface area contributed by atoms with Crippen molar-refractivity contribution in [3.8, 4) is 0 Å². The van der Waals surface area contributed by atoms with E-state index < -0.39 is 12.1 Å². The van der Waals surface area contributed by atoms with Crippen LogP contribution in [-0.2, 0) is 14.3 Å². The van der Waals surface area contributed by atoms with Crippen LogP contribution in [0.25, 0.3) is 0 Å². The molecule has 0 aromatic heterocycles. The molecule has 0 saturated carbocycles. The summed E-state index contributed by atoms with van der Waals surface area (Å²) in [6.45, 7) is 4.97. The van der Waals surface area contributed by atoms with Crippen LogP contribution in [-0.4, -0.2) is 47.4 Å². The molecule has 0 aliphatic carbocycles. The molecule has 0 aliphatic rings. The first-order valence-corrected chi connectivity index (χ1v) is 30.9. The van der Waals surface area contributed by atoms with E-state index in [4.69, 9.17) is 4.74 Å². The van der Waals surface area contributed by atoms with Gasteiger partial charge in [0, 0.05) is 12.8 Å². The van der Waals surface area contributed by atoms with Gasteiger partial charge in [0.1, 0.15) is 0 Å². The van der Waals surface area contributed by atoms with Crippen molar-refractivity contribution in [3.05, 3.63) is 12.2 Å². The molecule has 0 radical (unpaired) electrons. The lowest BCUT2D eigenvalue weighted by atomic mass is 10.0. The molecule has 0 bridgehead atoms. The first-order chi connectivity index (χ1) is 33.5. The lowest BCUT2D eigenvalue weighted by Crippen LogP contribution is -2.45. The Balaban J connectivity index is 3.40. The van der Waals surface area contributed by atoms with Gasteiger partial charge >= 0.3 is 5.97 Å². The molecule has 6 heteroatoms. The van der Waals surface area contributed by atoms with Gasteiger partial charge in [-0.05, 0) is 51.4 Å². The highest BCUT2D eigenvalue weighted by Gasteiger charge is 2.20. The fourth-order valence-electron chi connectivity index (χ4n) is 9.81. The van der Waals surface area contributed by atoms with Crippen LogP contribution < -0.4 is 5.32 Å². The van der Waals surface area contributed by atoms with Crippen LogP contribution in [0.5, 0.6) is 0 Å². The molecule has 2 atom stereocenters. The van der Waals surface area contributed by atoms with Gasteiger partial charge in [-0.15, -0.1) is 0 Å². The summed E-state index contributed by atoms with van der Waals surface area (Å²) in [6, 6.07) is -0.545. The number of unbranched alkanes of at least 4 members (excludes halogenated alkanes) is 45. The normalized spacial score (nSPS) is 12.6. The van der Waals surface area contributed by atoms with Gasteiger partial charge in [-0.1, -0.05) is 296 Å². The predicted molar refractivity (Wildman–Crippen MR) is 297 cm³/mol. The Bertz CT molecular complexity index is 1020. The number of aliphatic hydroxyl groups excluding tert-OH is 2. The highest BCUT2D eigenvalue weighted by Crippen LogP contribution is 2.18. The van der Waals surface area contributed by atoms with Crippen LogP contribution in [0.2, 0.25) is 0 Å². The number of esters is 1. The van der Waals surface area contributed by atoms with E-state index in [-0.39, 0.29) is 18.5 Å². The first-order valence-electron chi connectivity index (χ1n) is 30.9. The zero-order chi connectivity index (χ0) is 49.3. The summed E-state index contributed by atoms with van der Waals surface area (Å²) in [5, 5.41) is 23.3. The van der Waals surface area contributed by atoms with Crippen molar-refractivity contribution in [2.45, 2.75) is 360 Å². The minimum absolute atomic E-state index is 0.0128. The SMILES string of the molecule is CCCCCCCCCCCCCCCCCCC(O)C(CO)NC(=O)CCCCCCCCC/C=C\CCCCCCCCCCCCCCOC(=O)CCCCCCCCCCCCCC. The Morgan fingerprint density at radius 3 is 1.04 bits per heavy atom. The number of rotatable bonds is 58. The third-order valence-corrected chi connectivity index (χ3v) is 14.6. The average Bonchev–Trinajstić information content (AvgIpc) is 3.34. The van der Waals surface area contributed by atoms with Crippen molar-refractivity contribution in [1.82, 2.24) is 5.32 Å². The summed E-state index contributed by atoms with van der Waals surface area (Å²) in [6.07, 6.45) is 69.3. The Kier molecular flexibility index (Phi) is 57.0. The standard InChI is InChI=1S/C62H121NO5/c1-3-5-7-9-11-13-15-17-18-28-31-34-38-42-46-50-54-60(65)59(58-64)63-61(66)55-51-47-43-39-35-32-29-26-24-22-20-19-21-23-25-27-30-33-37-41-45-49-53-57-68-62(67)56-52-48-44-40-36-16-14-12-10-8-6-4-2/h22,24,59-60,64-65H,3-21,23,25-58H2,1-2H3,(H,63,66)/b24-22-. The fourth-order valence-corrected chi connectivity index (χ4v) is 9.81.